The van der Waals surface area contributed by atoms with Crippen LogP contribution in [-0.4, -0.2) is 12.6 Å². The van der Waals surface area contributed by atoms with Gasteiger partial charge in [-0.2, -0.15) is 0 Å². The van der Waals surface area contributed by atoms with Crippen LogP contribution in [0.1, 0.15) is 6.92 Å². The molecule has 6 heavy (non-hydrogen) atoms. The molecule has 0 aliphatic carbocycles. The van der Waals surface area contributed by atoms with E-state index in [0.717, 1.165) is 0 Å². The van der Waals surface area contributed by atoms with Crippen LogP contribution in [0, 0.1) is 6.42 Å². The van der Waals surface area contributed by atoms with Crippen LogP contribution in [0.5, 0.6) is 0 Å². The molecule has 0 spiro atoms. The van der Waals surface area contributed by atoms with Gasteiger partial charge in [0, 0.05) is 6.21 Å². The van der Waals surface area contributed by atoms with E-state index in [2.05, 4.69) is 4.99 Å². The standard InChI is InChI=1S/C4H6NO/c1-2-3-5-4-6/h2-4H,1H3. The highest BCUT2D eigenvalue weighted by molar-refractivity contribution is 5.75. The molecule has 0 bridgehead atoms. The summed E-state index contributed by atoms with van der Waals surface area (Å²) in [7, 11) is 0. The average Bonchev–Trinajstić information content (AvgIpc) is 1.61. The fourth-order valence-electron chi connectivity index (χ4n) is 0.121. The van der Waals surface area contributed by atoms with Crippen LogP contribution in [-0.2, 0) is 4.79 Å². The summed E-state index contributed by atoms with van der Waals surface area (Å²) in [5, 5.41) is 0. The largest absolute Gasteiger partial charge is 0.276 e. The Morgan fingerprint density at radius 1 is 1.67 bits per heavy atom. The lowest BCUT2D eigenvalue weighted by Crippen LogP contribution is -1.67. The monoisotopic (exact) mass is 84.0 g/mol. The molecule has 0 unspecified atom stereocenters. The molecule has 0 saturated carbocycles. The first kappa shape index (κ1) is 5.34. The maximum absolute atomic E-state index is 9.35. The maximum atomic E-state index is 9.35. The van der Waals surface area contributed by atoms with Crippen LogP contribution in [0.4, 0.5) is 0 Å². The van der Waals surface area contributed by atoms with Crippen LogP contribution in [0.3, 0.4) is 0 Å². The summed E-state index contributed by atoms with van der Waals surface area (Å²) in [5.74, 6) is 0. The van der Waals surface area contributed by atoms with Gasteiger partial charge in [-0.1, -0.05) is 6.92 Å². The van der Waals surface area contributed by atoms with Gasteiger partial charge in [-0.3, -0.25) is 4.79 Å². The summed E-state index contributed by atoms with van der Waals surface area (Å²) in [6.07, 6.45) is 3.63. The van der Waals surface area contributed by atoms with E-state index >= 15 is 0 Å². The van der Waals surface area contributed by atoms with Crippen LogP contribution in [0.2, 0.25) is 0 Å². The van der Waals surface area contributed by atoms with Crippen molar-refractivity contribution in [2.45, 2.75) is 6.92 Å². The Hall–Kier alpha value is -0.660. The predicted molar refractivity (Wildman–Crippen MR) is 24.5 cm³/mol. The second-order valence-corrected chi connectivity index (χ2v) is 0.737. The smallest absolute Gasteiger partial charge is 0.232 e. The minimum Gasteiger partial charge on any atom is -0.276 e. The Morgan fingerprint density at radius 3 is 2.50 bits per heavy atom. The zero-order valence-electron chi connectivity index (χ0n) is 3.59. The van der Waals surface area contributed by atoms with Crippen molar-refractivity contribution in [3.05, 3.63) is 6.42 Å². The van der Waals surface area contributed by atoms with Gasteiger partial charge in [-0.05, 0) is 6.42 Å². The van der Waals surface area contributed by atoms with Crippen molar-refractivity contribution in [1.29, 1.82) is 0 Å². The highest BCUT2D eigenvalue weighted by Gasteiger charge is 1.59. The fraction of sp³-hybridized carbons (Fsp3) is 0.250. The SMILES string of the molecule is C[CH]C=NC=O. The van der Waals surface area contributed by atoms with Crippen molar-refractivity contribution < 1.29 is 4.79 Å². The van der Waals surface area contributed by atoms with E-state index < -0.39 is 0 Å². The van der Waals surface area contributed by atoms with Crippen molar-refractivity contribution in [1.82, 2.24) is 0 Å². The Bertz CT molecular complexity index is 58.6. The lowest BCUT2D eigenvalue weighted by Gasteiger charge is -1.64. The molecule has 0 aromatic rings. The summed E-state index contributed by atoms with van der Waals surface area (Å²) in [5.41, 5.74) is 0. The summed E-state index contributed by atoms with van der Waals surface area (Å²) >= 11 is 0. The number of hydrogen-bond donors (Lipinski definition) is 0. The molecule has 0 aliphatic heterocycles. The molecule has 2 heteroatoms. The molecule has 0 aliphatic rings. The van der Waals surface area contributed by atoms with E-state index in [-0.39, 0.29) is 0 Å². The normalized spacial score (nSPS) is 9.50. The number of rotatable bonds is 2. The van der Waals surface area contributed by atoms with Crippen molar-refractivity contribution >= 4 is 12.6 Å². The number of carbonyl (C=O) groups is 1. The van der Waals surface area contributed by atoms with Crippen molar-refractivity contribution in [2.75, 3.05) is 0 Å². The van der Waals surface area contributed by atoms with Gasteiger partial charge in [0.2, 0.25) is 6.41 Å². The molecule has 0 N–H and O–H groups in total. The molecule has 0 heterocycles. The third kappa shape index (κ3) is 3.34. The van der Waals surface area contributed by atoms with Crippen molar-refractivity contribution in [3.8, 4) is 0 Å². The Balaban J connectivity index is 2.94. The third-order valence-corrected chi connectivity index (χ3v) is 0.296. The molecule has 1 radical (unpaired) electrons. The van der Waals surface area contributed by atoms with E-state index in [1.54, 1.807) is 13.3 Å². The molecular weight excluding hydrogens is 78.0 g/mol. The number of carbonyl (C=O) groups excluding carboxylic acids is 1. The van der Waals surface area contributed by atoms with Gasteiger partial charge in [0.15, 0.2) is 0 Å². The number of hydrogen-bond acceptors (Lipinski definition) is 1. The molecular formula is C4H6NO. The molecule has 0 aromatic carbocycles. The van der Waals surface area contributed by atoms with Gasteiger partial charge in [-0.25, -0.2) is 4.99 Å². The predicted octanol–water partition coefficient (Wildman–Crippen LogP) is 0.438. The van der Waals surface area contributed by atoms with Gasteiger partial charge in [0.25, 0.3) is 0 Å². The van der Waals surface area contributed by atoms with Crippen LogP contribution in [0.15, 0.2) is 4.99 Å². The maximum Gasteiger partial charge on any atom is 0.232 e. The molecule has 0 saturated heterocycles. The van der Waals surface area contributed by atoms with Gasteiger partial charge >= 0.3 is 0 Å². The Kier molecular flexibility index (Phi) is 3.86. The lowest BCUT2D eigenvalue weighted by molar-refractivity contribution is -0.106. The minimum atomic E-state index is 0.500. The summed E-state index contributed by atoms with van der Waals surface area (Å²) < 4.78 is 0. The molecule has 0 fully saturated rings. The molecule has 0 aromatic heterocycles. The zero-order chi connectivity index (χ0) is 4.83. The Labute approximate surface area is 36.9 Å². The van der Waals surface area contributed by atoms with E-state index in [9.17, 15) is 4.79 Å². The molecule has 1 amide bonds. The summed E-state index contributed by atoms with van der Waals surface area (Å²) in [6.45, 7) is 1.80. The lowest BCUT2D eigenvalue weighted by atomic mass is 10.5. The Morgan fingerprint density at radius 2 is 2.33 bits per heavy atom. The first-order chi connectivity index (χ1) is 2.91. The van der Waals surface area contributed by atoms with Gasteiger partial charge in [-0.15, -0.1) is 0 Å². The molecule has 2 nitrogen and oxygen atoms in total. The number of amides is 1. The van der Waals surface area contributed by atoms with E-state index in [4.69, 9.17) is 0 Å². The highest BCUT2D eigenvalue weighted by Crippen LogP contribution is 1.59. The summed E-state index contributed by atoms with van der Waals surface area (Å²) in [4.78, 5) is 12.6. The quantitative estimate of drug-likeness (QED) is 0.352. The van der Waals surface area contributed by atoms with Crippen molar-refractivity contribution in [2.24, 2.45) is 4.99 Å². The highest BCUT2D eigenvalue weighted by atomic mass is 16.1. The number of nitrogens with zero attached hydrogens (tertiary/aromatic N) is 1. The van der Waals surface area contributed by atoms with E-state index in [0.29, 0.717) is 6.41 Å². The first-order valence-corrected chi connectivity index (χ1v) is 1.66. The molecule has 0 atom stereocenters. The van der Waals surface area contributed by atoms with Gasteiger partial charge < -0.3 is 0 Å². The molecule has 0 rings (SSSR count). The van der Waals surface area contributed by atoms with Crippen molar-refractivity contribution in [3.63, 3.8) is 0 Å². The van der Waals surface area contributed by atoms with Crippen LogP contribution in [0.25, 0.3) is 0 Å². The molecule has 33 valence electrons. The summed E-state index contributed by atoms with van der Waals surface area (Å²) in [6, 6.07) is 0. The minimum absolute atomic E-state index is 0.500. The van der Waals surface area contributed by atoms with Gasteiger partial charge in [0.05, 0.1) is 0 Å². The number of aliphatic imine (C=N–C) groups is 1. The van der Waals surface area contributed by atoms with E-state index in [1.807, 2.05) is 0 Å². The third-order valence-electron chi connectivity index (χ3n) is 0.296. The second-order valence-electron chi connectivity index (χ2n) is 0.737. The second kappa shape index (κ2) is 4.34. The van der Waals surface area contributed by atoms with Crippen LogP contribution < -0.4 is 0 Å². The van der Waals surface area contributed by atoms with Gasteiger partial charge in [0.1, 0.15) is 0 Å². The van der Waals surface area contributed by atoms with Crippen LogP contribution >= 0.6 is 0 Å². The van der Waals surface area contributed by atoms with E-state index in [1.165, 1.54) is 6.21 Å². The fourth-order valence-corrected chi connectivity index (χ4v) is 0.121. The average molecular weight is 84.1 g/mol. The topological polar surface area (TPSA) is 29.4 Å². The first-order valence-electron chi connectivity index (χ1n) is 1.66. The zero-order valence-corrected chi connectivity index (χ0v) is 3.59.